The summed E-state index contributed by atoms with van der Waals surface area (Å²) in [4.78, 5) is 4.19. The van der Waals surface area contributed by atoms with E-state index in [1.165, 1.54) is 6.07 Å². The number of thioether (sulfide) groups is 1. The maximum atomic E-state index is 13.4. The number of hydrogen-bond acceptors (Lipinski definition) is 3. The van der Waals surface area contributed by atoms with E-state index in [4.69, 9.17) is 5.73 Å². The van der Waals surface area contributed by atoms with Crippen molar-refractivity contribution in [2.45, 2.75) is 25.1 Å². The first-order valence-electron chi connectivity index (χ1n) is 5.66. The van der Waals surface area contributed by atoms with Crippen molar-refractivity contribution in [1.82, 2.24) is 9.55 Å². The van der Waals surface area contributed by atoms with E-state index in [0.717, 1.165) is 18.5 Å². The molecule has 0 aliphatic carbocycles. The van der Waals surface area contributed by atoms with Gasteiger partial charge in [0.15, 0.2) is 0 Å². The zero-order valence-electron chi connectivity index (χ0n) is 10.3. The minimum atomic E-state index is -0.315. The van der Waals surface area contributed by atoms with Crippen molar-refractivity contribution in [1.29, 1.82) is 0 Å². The van der Waals surface area contributed by atoms with E-state index in [1.807, 2.05) is 16.3 Å². The molecule has 0 fully saturated rings. The monoisotopic (exact) mass is 331 g/mol. The first-order chi connectivity index (χ1) is 8.52. The molecular weight excluding hydrogens is 317 g/mol. The molecule has 0 saturated heterocycles. The summed E-state index contributed by atoms with van der Waals surface area (Å²) >= 11 is 5.01. The first kappa shape index (κ1) is 13.7. The molecule has 0 spiro atoms. The predicted octanol–water partition coefficient (Wildman–Crippen LogP) is 3.66. The van der Waals surface area contributed by atoms with Gasteiger partial charge in [-0.05, 0) is 34.7 Å². The van der Waals surface area contributed by atoms with Crippen LogP contribution in [0.25, 0.3) is 11.0 Å². The fourth-order valence-electron chi connectivity index (χ4n) is 1.80. The van der Waals surface area contributed by atoms with Gasteiger partial charge in [0, 0.05) is 17.9 Å². The largest absolute Gasteiger partial charge is 0.369 e. The topological polar surface area (TPSA) is 43.8 Å². The van der Waals surface area contributed by atoms with E-state index in [1.54, 1.807) is 6.07 Å². The Balaban J connectivity index is 2.37. The molecule has 18 heavy (non-hydrogen) atoms. The van der Waals surface area contributed by atoms with Gasteiger partial charge in [0.1, 0.15) is 5.82 Å². The first-order valence-corrected chi connectivity index (χ1v) is 7.74. The van der Waals surface area contributed by atoms with Crippen molar-refractivity contribution < 1.29 is 4.39 Å². The lowest BCUT2D eigenvalue weighted by Gasteiger charge is -2.10. The summed E-state index contributed by atoms with van der Waals surface area (Å²) < 4.78 is 15.8. The van der Waals surface area contributed by atoms with Crippen LogP contribution in [-0.4, -0.2) is 21.1 Å². The van der Waals surface area contributed by atoms with Gasteiger partial charge in [-0.3, -0.25) is 0 Å². The van der Waals surface area contributed by atoms with Crippen LogP contribution in [0.5, 0.6) is 0 Å². The molecule has 3 nitrogen and oxygen atoms in total. The molecule has 0 aliphatic rings. The normalized spacial score (nSPS) is 13.1. The zero-order chi connectivity index (χ0) is 13.3. The van der Waals surface area contributed by atoms with Gasteiger partial charge < -0.3 is 10.3 Å². The van der Waals surface area contributed by atoms with Gasteiger partial charge in [-0.2, -0.15) is 11.8 Å². The van der Waals surface area contributed by atoms with Crippen LogP contribution in [0.4, 0.5) is 10.3 Å². The van der Waals surface area contributed by atoms with Gasteiger partial charge in [0.2, 0.25) is 5.95 Å². The van der Waals surface area contributed by atoms with E-state index in [9.17, 15) is 4.39 Å². The predicted molar refractivity (Wildman–Crippen MR) is 79.4 cm³/mol. The maximum absolute atomic E-state index is 13.4. The van der Waals surface area contributed by atoms with Crippen molar-refractivity contribution in [3.63, 3.8) is 0 Å². The summed E-state index contributed by atoms with van der Waals surface area (Å²) in [5.74, 6) is 0.125. The molecule has 0 aliphatic heterocycles. The van der Waals surface area contributed by atoms with E-state index >= 15 is 0 Å². The smallest absolute Gasteiger partial charge is 0.201 e. The fourth-order valence-corrected chi connectivity index (χ4v) is 2.47. The minimum absolute atomic E-state index is 0.315. The van der Waals surface area contributed by atoms with E-state index in [0.29, 0.717) is 21.2 Å². The van der Waals surface area contributed by atoms with E-state index in [2.05, 4.69) is 34.1 Å². The Morgan fingerprint density at radius 1 is 1.56 bits per heavy atom. The van der Waals surface area contributed by atoms with Gasteiger partial charge in [0.05, 0.1) is 15.5 Å². The minimum Gasteiger partial charge on any atom is -0.369 e. The number of aryl methyl sites for hydroxylation is 1. The van der Waals surface area contributed by atoms with Gasteiger partial charge in [-0.1, -0.05) is 6.92 Å². The SMILES string of the molecule is CSC(C)CCn1c(N)nc2cc(F)c(Br)cc21. The second kappa shape index (κ2) is 5.48. The average Bonchev–Trinajstić information content (AvgIpc) is 2.62. The molecule has 0 bridgehead atoms. The van der Waals surface area contributed by atoms with Gasteiger partial charge >= 0.3 is 0 Å². The highest BCUT2D eigenvalue weighted by atomic mass is 79.9. The molecule has 1 heterocycles. The number of anilines is 1. The third-order valence-electron chi connectivity index (χ3n) is 2.98. The van der Waals surface area contributed by atoms with E-state index in [-0.39, 0.29) is 5.82 Å². The average molecular weight is 332 g/mol. The number of aromatic nitrogens is 2. The molecule has 2 aromatic rings. The molecule has 1 aromatic heterocycles. The van der Waals surface area contributed by atoms with Crippen LogP contribution in [0.1, 0.15) is 13.3 Å². The number of halogens is 2. The highest BCUT2D eigenvalue weighted by Crippen LogP contribution is 2.26. The highest BCUT2D eigenvalue weighted by molar-refractivity contribution is 9.10. The quantitative estimate of drug-likeness (QED) is 0.929. The Morgan fingerprint density at radius 3 is 2.94 bits per heavy atom. The van der Waals surface area contributed by atoms with Crippen molar-refractivity contribution >= 4 is 44.7 Å². The number of hydrogen-bond donors (Lipinski definition) is 1. The van der Waals surface area contributed by atoms with Crippen LogP contribution in [0.15, 0.2) is 16.6 Å². The molecular formula is C12H15BrFN3S. The molecule has 1 aromatic carbocycles. The molecule has 0 radical (unpaired) electrons. The lowest BCUT2D eigenvalue weighted by molar-refractivity contribution is 0.622. The Morgan fingerprint density at radius 2 is 2.28 bits per heavy atom. The molecule has 0 saturated carbocycles. The molecule has 0 amide bonds. The lowest BCUT2D eigenvalue weighted by atomic mass is 10.3. The van der Waals surface area contributed by atoms with E-state index < -0.39 is 0 Å². The van der Waals surface area contributed by atoms with Crippen LogP contribution in [0.2, 0.25) is 0 Å². The number of nitrogen functional groups attached to an aromatic ring is 1. The van der Waals surface area contributed by atoms with Crippen molar-refractivity contribution in [3.8, 4) is 0 Å². The number of benzene rings is 1. The molecule has 6 heteroatoms. The Kier molecular flexibility index (Phi) is 4.17. The summed E-state index contributed by atoms with van der Waals surface area (Å²) in [5.41, 5.74) is 7.36. The van der Waals surface area contributed by atoms with Crippen molar-refractivity contribution in [2.24, 2.45) is 0 Å². The summed E-state index contributed by atoms with van der Waals surface area (Å²) in [6.45, 7) is 2.97. The molecule has 1 atom stereocenters. The van der Waals surface area contributed by atoms with Gasteiger partial charge in [-0.15, -0.1) is 0 Å². The van der Waals surface area contributed by atoms with Crippen LogP contribution < -0.4 is 5.73 Å². The third-order valence-corrected chi connectivity index (χ3v) is 4.63. The molecule has 2 rings (SSSR count). The van der Waals surface area contributed by atoms with Crippen LogP contribution in [-0.2, 0) is 6.54 Å². The zero-order valence-corrected chi connectivity index (χ0v) is 12.7. The summed E-state index contributed by atoms with van der Waals surface area (Å²) in [6.07, 6.45) is 3.10. The number of nitrogens with two attached hydrogens (primary N) is 1. The van der Waals surface area contributed by atoms with Crippen LogP contribution >= 0.6 is 27.7 Å². The van der Waals surface area contributed by atoms with Gasteiger partial charge in [-0.25, -0.2) is 9.37 Å². The second-order valence-electron chi connectivity index (χ2n) is 4.21. The summed E-state index contributed by atoms with van der Waals surface area (Å²) in [6, 6.07) is 3.14. The standard InChI is InChI=1S/C12H15BrFN3S/c1-7(18-2)3-4-17-11-5-8(13)9(14)6-10(11)16-12(17)15/h5-7H,3-4H2,1-2H3,(H2,15,16). The number of fused-ring (bicyclic) bond motifs is 1. The third kappa shape index (κ3) is 2.64. The van der Waals surface area contributed by atoms with Crippen LogP contribution in [0, 0.1) is 5.82 Å². The lowest BCUT2D eigenvalue weighted by Crippen LogP contribution is -2.07. The van der Waals surface area contributed by atoms with Crippen LogP contribution in [0.3, 0.4) is 0 Å². The van der Waals surface area contributed by atoms with Crippen molar-refractivity contribution in [2.75, 3.05) is 12.0 Å². The van der Waals surface area contributed by atoms with Crippen molar-refractivity contribution in [3.05, 3.63) is 22.4 Å². The fraction of sp³-hybridized carbons (Fsp3) is 0.417. The Bertz CT molecular complexity index is 570. The highest BCUT2D eigenvalue weighted by Gasteiger charge is 2.12. The van der Waals surface area contributed by atoms with Gasteiger partial charge in [0.25, 0.3) is 0 Å². The molecule has 1 unspecified atom stereocenters. The maximum Gasteiger partial charge on any atom is 0.201 e. The molecule has 2 N–H and O–H groups in total. The number of rotatable bonds is 4. The summed E-state index contributed by atoms with van der Waals surface area (Å²) in [7, 11) is 0. The number of nitrogens with zero attached hydrogens (tertiary/aromatic N) is 2. The summed E-state index contributed by atoms with van der Waals surface area (Å²) in [5, 5.41) is 0.561. The Hall–Kier alpha value is -0.750. The molecule has 98 valence electrons. The Labute approximate surface area is 118 Å². The second-order valence-corrected chi connectivity index (χ2v) is 6.34. The number of imidazole rings is 1.